The number of carbonyl (C=O) groups is 2. The monoisotopic (exact) mass is 384 g/mol. The van der Waals surface area contributed by atoms with Gasteiger partial charge in [-0.1, -0.05) is 62.4 Å². The Kier molecular flexibility index (Phi) is 8.18. The van der Waals surface area contributed by atoms with Crippen LogP contribution in [0.15, 0.2) is 54.6 Å². The molecule has 0 aliphatic rings. The van der Waals surface area contributed by atoms with E-state index in [2.05, 4.69) is 5.32 Å². The smallest absolute Gasteiger partial charge is 0.242 e. The molecule has 28 heavy (non-hydrogen) atoms. The van der Waals surface area contributed by atoms with Crippen LogP contribution in [-0.4, -0.2) is 35.8 Å². The largest absolute Gasteiger partial charge is 0.354 e. The maximum absolute atomic E-state index is 14.0. The van der Waals surface area contributed by atoms with Crippen molar-refractivity contribution in [2.75, 3.05) is 13.1 Å². The Morgan fingerprint density at radius 1 is 1.00 bits per heavy atom. The quantitative estimate of drug-likeness (QED) is 0.718. The van der Waals surface area contributed by atoms with Crippen molar-refractivity contribution in [1.29, 1.82) is 0 Å². The third kappa shape index (κ3) is 6.48. The van der Waals surface area contributed by atoms with E-state index in [1.165, 1.54) is 6.07 Å². The molecule has 2 aromatic rings. The summed E-state index contributed by atoms with van der Waals surface area (Å²) in [6.45, 7) is 6.70. The highest BCUT2D eigenvalue weighted by Gasteiger charge is 2.26. The Hall–Kier alpha value is -2.69. The molecule has 1 N–H and O–H groups in total. The molecule has 0 fully saturated rings. The Morgan fingerprint density at radius 2 is 1.64 bits per heavy atom. The lowest BCUT2D eigenvalue weighted by atomic mass is 10.1. The first-order valence-electron chi connectivity index (χ1n) is 9.73. The van der Waals surface area contributed by atoms with Gasteiger partial charge in [0, 0.05) is 13.1 Å². The first-order valence-corrected chi connectivity index (χ1v) is 9.73. The van der Waals surface area contributed by atoms with Crippen molar-refractivity contribution in [3.8, 4) is 0 Å². The molecule has 0 saturated heterocycles. The number of hydrogen-bond donors (Lipinski definition) is 1. The number of halogens is 1. The lowest BCUT2D eigenvalue weighted by Gasteiger charge is -2.29. The van der Waals surface area contributed by atoms with Gasteiger partial charge < -0.3 is 10.2 Å². The van der Waals surface area contributed by atoms with Gasteiger partial charge in [0.1, 0.15) is 11.9 Å². The van der Waals surface area contributed by atoms with Gasteiger partial charge in [-0.2, -0.15) is 0 Å². The van der Waals surface area contributed by atoms with E-state index >= 15 is 0 Å². The molecule has 2 aromatic carbocycles. The topological polar surface area (TPSA) is 49.4 Å². The third-order valence-electron chi connectivity index (χ3n) is 4.64. The second-order valence-corrected chi connectivity index (χ2v) is 7.41. The molecule has 2 rings (SSSR count). The van der Waals surface area contributed by atoms with Gasteiger partial charge in [-0.3, -0.25) is 9.59 Å². The molecule has 0 aromatic heterocycles. The number of amides is 2. The van der Waals surface area contributed by atoms with E-state index in [0.29, 0.717) is 31.0 Å². The number of nitrogens with one attached hydrogen (secondary N) is 1. The SMILES string of the molecule is CC(C)CNC(=O)[C@@H](C)N(CCc1ccccc1)C(=O)Cc1ccccc1F. The molecule has 0 spiro atoms. The van der Waals surface area contributed by atoms with Gasteiger partial charge in [-0.15, -0.1) is 0 Å². The van der Waals surface area contributed by atoms with Crippen LogP contribution in [0.2, 0.25) is 0 Å². The van der Waals surface area contributed by atoms with Crippen molar-refractivity contribution in [2.45, 2.75) is 39.7 Å². The van der Waals surface area contributed by atoms with Crippen LogP contribution in [0.3, 0.4) is 0 Å². The van der Waals surface area contributed by atoms with E-state index < -0.39 is 11.9 Å². The predicted molar refractivity (Wildman–Crippen MR) is 109 cm³/mol. The van der Waals surface area contributed by atoms with E-state index in [4.69, 9.17) is 0 Å². The highest BCUT2D eigenvalue weighted by Crippen LogP contribution is 2.12. The van der Waals surface area contributed by atoms with Crippen LogP contribution >= 0.6 is 0 Å². The van der Waals surface area contributed by atoms with Crippen LogP contribution in [0.1, 0.15) is 31.9 Å². The molecule has 4 nitrogen and oxygen atoms in total. The van der Waals surface area contributed by atoms with Crippen molar-refractivity contribution >= 4 is 11.8 Å². The average molecular weight is 384 g/mol. The van der Waals surface area contributed by atoms with E-state index in [0.717, 1.165) is 5.56 Å². The van der Waals surface area contributed by atoms with Crippen molar-refractivity contribution in [1.82, 2.24) is 10.2 Å². The average Bonchev–Trinajstić information content (AvgIpc) is 2.68. The van der Waals surface area contributed by atoms with Gasteiger partial charge in [0.2, 0.25) is 11.8 Å². The van der Waals surface area contributed by atoms with Crippen LogP contribution in [0, 0.1) is 11.7 Å². The molecule has 0 saturated carbocycles. The zero-order valence-electron chi connectivity index (χ0n) is 16.8. The van der Waals surface area contributed by atoms with Crippen molar-refractivity contribution in [3.05, 3.63) is 71.5 Å². The van der Waals surface area contributed by atoms with Gasteiger partial charge in [0.15, 0.2) is 0 Å². The molecule has 5 heteroatoms. The standard InChI is InChI=1S/C23H29FN2O2/c1-17(2)16-25-23(28)18(3)26(14-13-19-9-5-4-6-10-19)22(27)15-20-11-7-8-12-21(20)24/h4-12,17-18H,13-16H2,1-3H3,(H,25,28)/t18-/m1/s1. The summed E-state index contributed by atoms with van der Waals surface area (Å²) in [5, 5.41) is 2.88. The second-order valence-electron chi connectivity index (χ2n) is 7.41. The first-order chi connectivity index (χ1) is 13.4. The van der Waals surface area contributed by atoms with Gasteiger partial charge in [-0.05, 0) is 36.5 Å². The Bertz CT molecular complexity index is 777. The fourth-order valence-corrected chi connectivity index (χ4v) is 2.93. The minimum absolute atomic E-state index is 0.0662. The lowest BCUT2D eigenvalue weighted by molar-refractivity contribution is -0.139. The molecule has 0 heterocycles. The summed E-state index contributed by atoms with van der Waals surface area (Å²) in [6, 6.07) is 15.4. The molecule has 0 unspecified atom stereocenters. The number of hydrogen-bond acceptors (Lipinski definition) is 2. The summed E-state index contributed by atoms with van der Waals surface area (Å²) in [5.41, 5.74) is 1.42. The number of benzene rings is 2. The predicted octanol–water partition coefficient (Wildman–Crippen LogP) is 3.60. The first kappa shape index (κ1) is 21.6. The minimum atomic E-state index is -0.623. The molecule has 0 bridgehead atoms. The summed E-state index contributed by atoms with van der Waals surface area (Å²) in [6.07, 6.45) is 0.564. The van der Waals surface area contributed by atoms with Gasteiger partial charge in [0.25, 0.3) is 0 Å². The third-order valence-corrected chi connectivity index (χ3v) is 4.64. The second kappa shape index (κ2) is 10.6. The Balaban J connectivity index is 2.13. The summed E-state index contributed by atoms with van der Waals surface area (Å²) < 4.78 is 14.0. The molecule has 0 radical (unpaired) electrons. The van der Waals surface area contributed by atoms with E-state index in [9.17, 15) is 14.0 Å². The highest BCUT2D eigenvalue weighted by atomic mass is 19.1. The molecule has 0 aliphatic heterocycles. The Labute approximate surface area is 166 Å². The summed E-state index contributed by atoms with van der Waals surface area (Å²) in [4.78, 5) is 27.0. The number of carbonyl (C=O) groups excluding carboxylic acids is 2. The van der Waals surface area contributed by atoms with Gasteiger partial charge >= 0.3 is 0 Å². The lowest BCUT2D eigenvalue weighted by Crippen LogP contribution is -2.49. The van der Waals surface area contributed by atoms with Crippen LogP contribution in [0.4, 0.5) is 4.39 Å². The zero-order chi connectivity index (χ0) is 20.5. The van der Waals surface area contributed by atoms with Crippen molar-refractivity contribution in [2.24, 2.45) is 5.92 Å². The van der Waals surface area contributed by atoms with Crippen LogP contribution in [0.5, 0.6) is 0 Å². The summed E-state index contributed by atoms with van der Waals surface area (Å²) in [5.74, 6) is -0.532. The molecule has 2 amide bonds. The normalized spacial score (nSPS) is 11.9. The minimum Gasteiger partial charge on any atom is -0.354 e. The fourth-order valence-electron chi connectivity index (χ4n) is 2.93. The fraction of sp³-hybridized carbons (Fsp3) is 0.391. The van der Waals surface area contributed by atoms with Crippen molar-refractivity contribution in [3.63, 3.8) is 0 Å². The molecular formula is C23H29FN2O2. The number of rotatable bonds is 9. The van der Waals surface area contributed by atoms with E-state index in [-0.39, 0.29) is 18.2 Å². The summed E-state index contributed by atoms with van der Waals surface area (Å²) in [7, 11) is 0. The Morgan fingerprint density at radius 3 is 2.29 bits per heavy atom. The molecule has 150 valence electrons. The van der Waals surface area contributed by atoms with Gasteiger partial charge in [0.05, 0.1) is 6.42 Å². The number of nitrogens with zero attached hydrogens (tertiary/aromatic N) is 1. The van der Waals surface area contributed by atoms with E-state index in [1.54, 1.807) is 30.0 Å². The summed E-state index contributed by atoms with van der Waals surface area (Å²) >= 11 is 0. The van der Waals surface area contributed by atoms with Crippen molar-refractivity contribution < 1.29 is 14.0 Å². The molecule has 1 atom stereocenters. The highest BCUT2D eigenvalue weighted by molar-refractivity contribution is 5.88. The molecular weight excluding hydrogens is 355 g/mol. The van der Waals surface area contributed by atoms with Crippen LogP contribution < -0.4 is 5.32 Å². The maximum atomic E-state index is 14.0. The van der Waals surface area contributed by atoms with Gasteiger partial charge in [-0.25, -0.2) is 4.39 Å². The van der Waals surface area contributed by atoms with Crippen LogP contribution in [0.25, 0.3) is 0 Å². The molecule has 0 aliphatic carbocycles. The maximum Gasteiger partial charge on any atom is 0.242 e. The van der Waals surface area contributed by atoms with Crippen LogP contribution in [-0.2, 0) is 22.4 Å². The zero-order valence-corrected chi connectivity index (χ0v) is 16.8. The van der Waals surface area contributed by atoms with E-state index in [1.807, 2.05) is 44.2 Å².